The molecule has 162 valence electrons. The van der Waals surface area contributed by atoms with Gasteiger partial charge in [0.25, 0.3) is 0 Å². The summed E-state index contributed by atoms with van der Waals surface area (Å²) in [6.07, 6.45) is 0.623. The van der Waals surface area contributed by atoms with Crippen LogP contribution in [0.25, 0.3) is 32.5 Å². The number of hydrogen-bond acceptors (Lipinski definition) is 4. The lowest BCUT2D eigenvalue weighted by molar-refractivity contribution is 0.131. The molecule has 0 aliphatic carbocycles. The van der Waals surface area contributed by atoms with E-state index in [1.165, 1.54) is 0 Å². The molecule has 0 aliphatic heterocycles. The van der Waals surface area contributed by atoms with Crippen molar-refractivity contribution in [2.75, 3.05) is 0 Å². The van der Waals surface area contributed by atoms with Crippen LogP contribution >= 0.6 is 11.3 Å². The zero-order valence-corrected chi connectivity index (χ0v) is 19.4. The molecule has 0 saturated carbocycles. The van der Waals surface area contributed by atoms with Gasteiger partial charge in [0.05, 0.1) is 27.0 Å². The van der Waals surface area contributed by atoms with Crippen molar-refractivity contribution in [3.8, 4) is 16.3 Å². The first-order chi connectivity index (χ1) is 15.3. The third-order valence-corrected chi connectivity index (χ3v) is 6.23. The summed E-state index contributed by atoms with van der Waals surface area (Å²) in [7, 11) is 0. The third-order valence-electron chi connectivity index (χ3n) is 5.34. The molecule has 0 fully saturated rings. The smallest absolute Gasteiger partial charge is 0.202 e. The fourth-order valence-electron chi connectivity index (χ4n) is 3.98. The number of aryl methyl sites for hydroxylation is 1. The average Bonchev–Trinajstić information content (AvgIpc) is 3.38. The van der Waals surface area contributed by atoms with E-state index in [1.54, 1.807) is 11.3 Å². The number of fused-ring (bicyclic) bond motifs is 2. The summed E-state index contributed by atoms with van der Waals surface area (Å²) >= 11 is 1.61. The summed E-state index contributed by atoms with van der Waals surface area (Å²) in [6.45, 7) is 8.09. The summed E-state index contributed by atoms with van der Waals surface area (Å²) in [4.78, 5) is 18.0. The number of benzene rings is 2. The van der Waals surface area contributed by atoms with Crippen molar-refractivity contribution >= 4 is 33.3 Å². The largest absolute Gasteiger partial charge is 0.488 e. The molecular formula is C27H25NO3S. The Kier molecular flexibility index (Phi) is 4.94. The number of H-pyrrole nitrogens is 1. The highest BCUT2D eigenvalue weighted by Gasteiger charge is 2.20. The highest BCUT2D eigenvalue weighted by atomic mass is 32.1. The Hall–Kier alpha value is -3.31. The van der Waals surface area contributed by atoms with Gasteiger partial charge in [0.1, 0.15) is 16.9 Å². The van der Waals surface area contributed by atoms with Crippen LogP contribution in [0.5, 0.6) is 5.75 Å². The number of rotatable bonds is 4. The lowest BCUT2D eigenvalue weighted by atomic mass is 10.1. The SMILES string of the molecule is Cc1ccc2oc3c(Cc4ccc(OC(C)(C)C)cc4)[nH]c(-c4cccs4)c3c(=O)c2c1. The maximum absolute atomic E-state index is 13.5. The van der Waals surface area contributed by atoms with E-state index in [0.29, 0.717) is 28.4 Å². The molecule has 5 rings (SSSR count). The first-order valence-electron chi connectivity index (χ1n) is 10.7. The van der Waals surface area contributed by atoms with E-state index in [1.807, 2.05) is 75.5 Å². The molecule has 5 aromatic rings. The highest BCUT2D eigenvalue weighted by Crippen LogP contribution is 2.34. The number of hydrogen-bond donors (Lipinski definition) is 1. The van der Waals surface area contributed by atoms with E-state index in [2.05, 4.69) is 17.1 Å². The summed E-state index contributed by atoms with van der Waals surface area (Å²) in [6, 6.07) is 17.9. The molecule has 2 aromatic carbocycles. The van der Waals surface area contributed by atoms with E-state index in [4.69, 9.17) is 9.15 Å². The zero-order chi connectivity index (χ0) is 22.5. The Morgan fingerprint density at radius 1 is 1.06 bits per heavy atom. The van der Waals surface area contributed by atoms with Crippen molar-refractivity contribution < 1.29 is 9.15 Å². The van der Waals surface area contributed by atoms with Crippen LogP contribution in [0.15, 0.2) is 69.2 Å². The predicted octanol–water partition coefficient (Wildman–Crippen LogP) is 7.08. The molecule has 0 radical (unpaired) electrons. The van der Waals surface area contributed by atoms with E-state index in [9.17, 15) is 4.79 Å². The molecule has 0 bridgehead atoms. The first-order valence-corrected chi connectivity index (χ1v) is 11.6. The summed E-state index contributed by atoms with van der Waals surface area (Å²) in [5.41, 5.74) is 4.88. The number of thiophene rings is 1. The maximum Gasteiger partial charge on any atom is 0.202 e. The molecule has 0 saturated heterocycles. The van der Waals surface area contributed by atoms with Crippen LogP contribution < -0.4 is 10.2 Å². The standard InChI is InChI=1S/C27H25NO3S/c1-16-7-12-21-19(14-16)25(29)23-24(22-6-5-13-32-22)28-20(26(23)30-21)15-17-8-10-18(11-9-17)31-27(2,3)4/h5-14,28H,15H2,1-4H3. The van der Waals surface area contributed by atoms with Crippen LogP contribution in [-0.4, -0.2) is 10.6 Å². The molecule has 32 heavy (non-hydrogen) atoms. The van der Waals surface area contributed by atoms with Crippen LogP contribution in [-0.2, 0) is 6.42 Å². The van der Waals surface area contributed by atoms with Crippen LogP contribution in [0.2, 0.25) is 0 Å². The van der Waals surface area contributed by atoms with Crippen molar-refractivity contribution in [3.05, 3.63) is 87.0 Å². The van der Waals surface area contributed by atoms with Crippen LogP contribution in [0.4, 0.5) is 0 Å². The van der Waals surface area contributed by atoms with Crippen LogP contribution in [0.3, 0.4) is 0 Å². The molecular weight excluding hydrogens is 418 g/mol. The minimum absolute atomic E-state index is 0.00442. The van der Waals surface area contributed by atoms with Gasteiger partial charge in [-0.05, 0) is 69.0 Å². The fourth-order valence-corrected chi connectivity index (χ4v) is 4.71. The Morgan fingerprint density at radius 2 is 1.84 bits per heavy atom. The Morgan fingerprint density at radius 3 is 2.53 bits per heavy atom. The second-order valence-corrected chi connectivity index (χ2v) is 10.1. The molecule has 0 unspecified atom stereocenters. The van der Waals surface area contributed by atoms with Gasteiger partial charge in [-0.15, -0.1) is 11.3 Å². The minimum atomic E-state index is -0.240. The Bertz CT molecular complexity index is 1470. The van der Waals surface area contributed by atoms with Gasteiger partial charge in [0.2, 0.25) is 5.43 Å². The summed E-state index contributed by atoms with van der Waals surface area (Å²) < 4.78 is 12.2. The molecule has 0 atom stereocenters. The molecule has 3 heterocycles. The minimum Gasteiger partial charge on any atom is -0.488 e. The van der Waals surface area contributed by atoms with Gasteiger partial charge in [0.15, 0.2) is 5.58 Å². The van der Waals surface area contributed by atoms with Gasteiger partial charge >= 0.3 is 0 Å². The van der Waals surface area contributed by atoms with Gasteiger partial charge < -0.3 is 14.1 Å². The normalized spacial score (nSPS) is 12.0. The Balaban J connectivity index is 1.64. The molecule has 0 spiro atoms. The van der Waals surface area contributed by atoms with Gasteiger partial charge in [-0.2, -0.15) is 0 Å². The maximum atomic E-state index is 13.5. The second-order valence-electron chi connectivity index (χ2n) is 9.13. The highest BCUT2D eigenvalue weighted by molar-refractivity contribution is 7.13. The van der Waals surface area contributed by atoms with Gasteiger partial charge in [-0.1, -0.05) is 29.8 Å². The van der Waals surface area contributed by atoms with E-state index < -0.39 is 0 Å². The number of ether oxygens (including phenoxy) is 1. The number of aromatic amines is 1. The van der Waals surface area contributed by atoms with Crippen molar-refractivity contribution in [1.29, 1.82) is 0 Å². The first kappa shape index (κ1) is 20.6. The molecule has 0 aliphatic rings. The fraction of sp³-hybridized carbons (Fsp3) is 0.222. The topological polar surface area (TPSA) is 55.2 Å². The molecule has 1 N–H and O–H groups in total. The van der Waals surface area contributed by atoms with Gasteiger partial charge in [-0.3, -0.25) is 4.79 Å². The van der Waals surface area contributed by atoms with Crippen LogP contribution in [0.1, 0.15) is 37.6 Å². The third kappa shape index (κ3) is 3.84. The van der Waals surface area contributed by atoms with E-state index in [0.717, 1.165) is 33.1 Å². The lowest BCUT2D eigenvalue weighted by Gasteiger charge is -2.21. The lowest BCUT2D eigenvalue weighted by Crippen LogP contribution is -2.22. The average molecular weight is 444 g/mol. The van der Waals surface area contributed by atoms with Gasteiger partial charge in [0, 0.05) is 6.42 Å². The van der Waals surface area contributed by atoms with Crippen molar-refractivity contribution in [2.24, 2.45) is 0 Å². The summed E-state index contributed by atoms with van der Waals surface area (Å²) in [5, 5.41) is 3.25. The van der Waals surface area contributed by atoms with Crippen molar-refractivity contribution in [2.45, 2.75) is 39.7 Å². The summed E-state index contributed by atoms with van der Waals surface area (Å²) in [5.74, 6) is 0.838. The second kappa shape index (κ2) is 7.68. The van der Waals surface area contributed by atoms with E-state index in [-0.39, 0.29) is 11.0 Å². The van der Waals surface area contributed by atoms with Crippen molar-refractivity contribution in [3.63, 3.8) is 0 Å². The predicted molar refractivity (Wildman–Crippen MR) is 132 cm³/mol. The van der Waals surface area contributed by atoms with Crippen molar-refractivity contribution in [1.82, 2.24) is 4.98 Å². The van der Waals surface area contributed by atoms with E-state index >= 15 is 0 Å². The Labute approximate surface area is 190 Å². The zero-order valence-electron chi connectivity index (χ0n) is 18.6. The monoisotopic (exact) mass is 443 g/mol. The molecule has 5 heteroatoms. The quantitative estimate of drug-likeness (QED) is 0.323. The molecule has 0 amide bonds. The van der Waals surface area contributed by atoms with Crippen LogP contribution in [0, 0.1) is 6.92 Å². The molecule has 3 aromatic heterocycles. The van der Waals surface area contributed by atoms with Gasteiger partial charge in [-0.25, -0.2) is 0 Å². The number of aromatic nitrogens is 1. The molecule has 4 nitrogen and oxygen atoms in total. The number of nitrogens with one attached hydrogen (secondary N) is 1.